The summed E-state index contributed by atoms with van der Waals surface area (Å²) in [6.45, 7) is 5.71. The summed E-state index contributed by atoms with van der Waals surface area (Å²) in [7, 11) is 0. The summed E-state index contributed by atoms with van der Waals surface area (Å²) < 4.78 is 0. The maximum Gasteiger partial charge on any atom is 0.308 e. The Kier molecular flexibility index (Phi) is 4.90. The van der Waals surface area contributed by atoms with Crippen molar-refractivity contribution < 1.29 is 14.7 Å². The molecule has 92 valence electrons. The molecule has 0 bridgehead atoms. The van der Waals surface area contributed by atoms with Crippen molar-refractivity contribution in [2.45, 2.75) is 6.92 Å². The molecule has 0 radical (unpaired) electrons. The number of hydrogen-bond donors (Lipinski definition) is 1. The van der Waals surface area contributed by atoms with Gasteiger partial charge >= 0.3 is 5.97 Å². The second kappa shape index (κ2) is 6.20. The SMILES string of the molecule is C=CCN(CC(C)C(=O)O)C(=O)c1cccs1. The van der Waals surface area contributed by atoms with Crippen molar-refractivity contribution in [3.63, 3.8) is 0 Å². The molecule has 1 aromatic rings. The van der Waals surface area contributed by atoms with Crippen LogP contribution >= 0.6 is 11.3 Å². The normalized spacial score (nSPS) is 11.8. The van der Waals surface area contributed by atoms with Gasteiger partial charge in [0, 0.05) is 13.1 Å². The fraction of sp³-hybridized carbons (Fsp3) is 0.333. The van der Waals surface area contributed by atoms with Crippen molar-refractivity contribution in [1.29, 1.82) is 0 Å². The summed E-state index contributed by atoms with van der Waals surface area (Å²) in [4.78, 5) is 24.9. The third-order valence-electron chi connectivity index (χ3n) is 2.28. The Morgan fingerprint density at radius 2 is 2.35 bits per heavy atom. The Morgan fingerprint density at radius 1 is 1.65 bits per heavy atom. The highest BCUT2D eigenvalue weighted by molar-refractivity contribution is 7.12. The number of carbonyl (C=O) groups excluding carboxylic acids is 1. The van der Waals surface area contributed by atoms with Crippen molar-refractivity contribution in [3.8, 4) is 0 Å². The van der Waals surface area contributed by atoms with Crippen molar-refractivity contribution in [1.82, 2.24) is 4.90 Å². The molecule has 4 nitrogen and oxygen atoms in total. The molecule has 0 aliphatic heterocycles. The van der Waals surface area contributed by atoms with Gasteiger partial charge in [0.05, 0.1) is 10.8 Å². The van der Waals surface area contributed by atoms with E-state index in [4.69, 9.17) is 5.11 Å². The number of thiophene rings is 1. The van der Waals surface area contributed by atoms with E-state index < -0.39 is 11.9 Å². The predicted molar refractivity (Wildman–Crippen MR) is 67.2 cm³/mol. The van der Waals surface area contributed by atoms with Crippen LogP contribution in [-0.4, -0.2) is 35.0 Å². The van der Waals surface area contributed by atoms with Crippen molar-refractivity contribution in [3.05, 3.63) is 35.0 Å². The third kappa shape index (κ3) is 3.71. The smallest absolute Gasteiger partial charge is 0.308 e. The highest BCUT2D eigenvalue weighted by Gasteiger charge is 2.21. The Balaban J connectivity index is 2.75. The summed E-state index contributed by atoms with van der Waals surface area (Å²) in [5, 5.41) is 10.7. The van der Waals surface area contributed by atoms with Gasteiger partial charge in [0.25, 0.3) is 5.91 Å². The van der Waals surface area contributed by atoms with E-state index in [-0.39, 0.29) is 12.5 Å². The number of rotatable bonds is 6. The first-order chi connectivity index (χ1) is 8.06. The second-order valence-corrected chi connectivity index (χ2v) is 4.66. The van der Waals surface area contributed by atoms with Gasteiger partial charge in [-0.25, -0.2) is 0 Å². The number of carbonyl (C=O) groups is 2. The zero-order valence-electron chi connectivity index (χ0n) is 9.63. The van der Waals surface area contributed by atoms with Gasteiger partial charge in [-0.15, -0.1) is 17.9 Å². The van der Waals surface area contributed by atoms with Crippen LogP contribution in [0.25, 0.3) is 0 Å². The molecule has 1 heterocycles. The summed E-state index contributed by atoms with van der Waals surface area (Å²) in [6, 6.07) is 3.53. The van der Waals surface area contributed by atoms with Crippen LogP contribution in [0, 0.1) is 5.92 Å². The van der Waals surface area contributed by atoms with Crippen molar-refractivity contribution in [2.24, 2.45) is 5.92 Å². The molecule has 17 heavy (non-hydrogen) atoms. The minimum Gasteiger partial charge on any atom is -0.481 e. The van der Waals surface area contributed by atoms with E-state index >= 15 is 0 Å². The molecule has 1 aromatic heterocycles. The van der Waals surface area contributed by atoms with Gasteiger partial charge in [-0.2, -0.15) is 0 Å². The molecule has 5 heteroatoms. The topological polar surface area (TPSA) is 57.6 Å². The lowest BCUT2D eigenvalue weighted by atomic mass is 10.1. The molecule has 1 unspecified atom stereocenters. The molecular weight excluding hydrogens is 238 g/mol. The number of carboxylic acids is 1. The monoisotopic (exact) mass is 253 g/mol. The Morgan fingerprint density at radius 3 is 2.82 bits per heavy atom. The van der Waals surface area contributed by atoms with Crippen LogP contribution < -0.4 is 0 Å². The van der Waals surface area contributed by atoms with Gasteiger partial charge < -0.3 is 10.0 Å². The number of aliphatic carboxylic acids is 1. The van der Waals surface area contributed by atoms with E-state index in [2.05, 4.69) is 6.58 Å². The second-order valence-electron chi connectivity index (χ2n) is 3.72. The van der Waals surface area contributed by atoms with Gasteiger partial charge in [-0.05, 0) is 11.4 Å². The quantitative estimate of drug-likeness (QED) is 0.790. The summed E-state index contributed by atoms with van der Waals surface area (Å²) in [6.07, 6.45) is 1.60. The van der Waals surface area contributed by atoms with Crippen LogP contribution in [0.15, 0.2) is 30.2 Å². The van der Waals surface area contributed by atoms with Crippen LogP contribution in [0.5, 0.6) is 0 Å². The Bertz CT molecular complexity index is 400. The highest BCUT2D eigenvalue weighted by Crippen LogP contribution is 2.13. The molecule has 0 spiro atoms. The van der Waals surface area contributed by atoms with E-state index in [1.165, 1.54) is 16.2 Å². The molecule has 0 saturated carbocycles. The lowest BCUT2D eigenvalue weighted by molar-refractivity contribution is -0.141. The lowest BCUT2D eigenvalue weighted by Gasteiger charge is -2.22. The zero-order valence-corrected chi connectivity index (χ0v) is 10.4. The van der Waals surface area contributed by atoms with Gasteiger partial charge in [0.2, 0.25) is 0 Å². The van der Waals surface area contributed by atoms with E-state index in [0.717, 1.165) is 0 Å². The van der Waals surface area contributed by atoms with Crippen LogP contribution in [0.4, 0.5) is 0 Å². The fourth-order valence-electron chi connectivity index (χ4n) is 1.36. The van der Waals surface area contributed by atoms with E-state index in [1.54, 1.807) is 25.1 Å². The first-order valence-electron chi connectivity index (χ1n) is 5.22. The summed E-state index contributed by atoms with van der Waals surface area (Å²) >= 11 is 1.35. The maximum absolute atomic E-state index is 12.0. The average Bonchev–Trinajstić information content (AvgIpc) is 2.80. The van der Waals surface area contributed by atoms with Gasteiger partial charge in [-0.3, -0.25) is 9.59 Å². The standard InChI is InChI=1S/C12H15NO3S/c1-3-6-13(8-9(2)12(15)16)11(14)10-5-4-7-17-10/h3-5,7,9H,1,6,8H2,2H3,(H,15,16). The Hall–Kier alpha value is -1.62. The number of amides is 1. The molecule has 1 N–H and O–H groups in total. The van der Waals surface area contributed by atoms with E-state index in [9.17, 15) is 9.59 Å². The van der Waals surface area contributed by atoms with E-state index in [1.807, 2.05) is 5.38 Å². The van der Waals surface area contributed by atoms with Crippen LogP contribution in [0.1, 0.15) is 16.6 Å². The molecule has 1 amide bonds. The molecule has 0 fully saturated rings. The minimum absolute atomic E-state index is 0.145. The molecule has 1 atom stereocenters. The largest absolute Gasteiger partial charge is 0.481 e. The molecule has 0 aromatic carbocycles. The number of nitrogens with zero attached hydrogens (tertiary/aromatic N) is 1. The molecule has 0 aliphatic carbocycles. The average molecular weight is 253 g/mol. The zero-order chi connectivity index (χ0) is 12.8. The van der Waals surface area contributed by atoms with Gasteiger partial charge in [0.15, 0.2) is 0 Å². The van der Waals surface area contributed by atoms with E-state index in [0.29, 0.717) is 11.4 Å². The summed E-state index contributed by atoms with van der Waals surface area (Å²) in [5.41, 5.74) is 0. The van der Waals surface area contributed by atoms with Crippen molar-refractivity contribution in [2.75, 3.05) is 13.1 Å². The Labute approximate surface area is 104 Å². The van der Waals surface area contributed by atoms with Gasteiger partial charge in [0.1, 0.15) is 0 Å². The summed E-state index contributed by atoms with van der Waals surface area (Å²) in [5.74, 6) is -1.63. The van der Waals surface area contributed by atoms with Crippen LogP contribution in [-0.2, 0) is 4.79 Å². The molecule has 1 rings (SSSR count). The van der Waals surface area contributed by atoms with Gasteiger partial charge in [-0.1, -0.05) is 19.1 Å². The number of carboxylic acid groups (broad SMARTS) is 1. The molecular formula is C12H15NO3S. The first kappa shape index (κ1) is 13.4. The van der Waals surface area contributed by atoms with Crippen molar-refractivity contribution >= 4 is 23.2 Å². The highest BCUT2D eigenvalue weighted by atomic mass is 32.1. The van der Waals surface area contributed by atoms with Crippen LogP contribution in [0.3, 0.4) is 0 Å². The third-order valence-corrected chi connectivity index (χ3v) is 3.14. The molecule has 0 saturated heterocycles. The fourth-order valence-corrected chi connectivity index (χ4v) is 2.05. The number of hydrogen-bond acceptors (Lipinski definition) is 3. The minimum atomic E-state index is -0.905. The first-order valence-corrected chi connectivity index (χ1v) is 6.10. The van der Waals surface area contributed by atoms with Crippen LogP contribution in [0.2, 0.25) is 0 Å². The lowest BCUT2D eigenvalue weighted by Crippen LogP contribution is -2.36. The predicted octanol–water partition coefficient (Wildman–Crippen LogP) is 2.10. The molecule has 0 aliphatic rings. The maximum atomic E-state index is 12.0.